The fourth-order valence-electron chi connectivity index (χ4n) is 3.46. The third-order valence-corrected chi connectivity index (χ3v) is 4.41. The number of hydrogen-bond acceptors (Lipinski definition) is 3. The van der Waals surface area contributed by atoms with Gasteiger partial charge in [-0.3, -0.25) is 0 Å². The van der Waals surface area contributed by atoms with Gasteiger partial charge in [-0.1, -0.05) is 60.6 Å². The van der Waals surface area contributed by atoms with E-state index in [9.17, 15) is 5.11 Å². The van der Waals surface area contributed by atoms with Crippen LogP contribution in [0.25, 0.3) is 0 Å². The summed E-state index contributed by atoms with van der Waals surface area (Å²) in [6.07, 6.45) is 0.671. The number of benzene rings is 1. The molecule has 1 aromatic carbocycles. The second-order valence-corrected chi connectivity index (χ2v) is 8.60. The first-order valence-electron chi connectivity index (χ1n) is 9.21. The molecule has 24 heavy (non-hydrogen) atoms. The van der Waals surface area contributed by atoms with Gasteiger partial charge in [-0.05, 0) is 48.0 Å². The average molecular weight is 336 g/mol. The quantitative estimate of drug-likeness (QED) is 0.722. The van der Waals surface area contributed by atoms with Crippen LogP contribution in [0.5, 0.6) is 5.75 Å². The highest BCUT2D eigenvalue weighted by Gasteiger charge is 2.27. The summed E-state index contributed by atoms with van der Waals surface area (Å²) in [4.78, 5) is 2.20. The summed E-state index contributed by atoms with van der Waals surface area (Å²) in [5.74, 6) is 0.823. The number of likely N-dealkylation sites (N-methyl/N-ethyl adjacent to an activating group) is 1. The maximum absolute atomic E-state index is 10.1. The van der Waals surface area contributed by atoms with Crippen molar-refractivity contribution in [1.82, 2.24) is 4.90 Å². The van der Waals surface area contributed by atoms with Gasteiger partial charge in [0.2, 0.25) is 0 Å². The highest BCUT2D eigenvalue weighted by molar-refractivity contribution is 5.31. The van der Waals surface area contributed by atoms with E-state index in [1.165, 1.54) is 5.56 Å². The first kappa shape index (κ1) is 21.0. The minimum absolute atomic E-state index is 0.138. The van der Waals surface area contributed by atoms with Crippen LogP contribution in [-0.2, 0) is 5.41 Å². The molecule has 0 heterocycles. The van der Waals surface area contributed by atoms with Crippen LogP contribution >= 0.6 is 0 Å². The molecule has 0 aliphatic carbocycles. The lowest BCUT2D eigenvalue weighted by Gasteiger charge is -2.33. The monoisotopic (exact) mass is 335 g/mol. The minimum Gasteiger partial charge on any atom is -0.491 e. The molecular formula is C21H37NO2. The SMILES string of the molecule is CCN(CC)CC(O)COc1ccc(C(C)(C)CC(C)(C)C)cc1. The Hall–Kier alpha value is -1.06. The predicted molar refractivity (Wildman–Crippen MR) is 103 cm³/mol. The number of rotatable bonds is 9. The summed E-state index contributed by atoms with van der Waals surface area (Å²) < 4.78 is 5.75. The normalized spacial score (nSPS) is 14.0. The van der Waals surface area contributed by atoms with Crippen LogP contribution in [0.1, 0.15) is 60.5 Å². The fraction of sp³-hybridized carbons (Fsp3) is 0.714. The van der Waals surface area contributed by atoms with Crippen LogP contribution in [0.15, 0.2) is 24.3 Å². The highest BCUT2D eigenvalue weighted by Crippen LogP contribution is 2.36. The van der Waals surface area contributed by atoms with Crippen molar-refractivity contribution in [2.24, 2.45) is 5.41 Å². The van der Waals surface area contributed by atoms with Gasteiger partial charge in [0.25, 0.3) is 0 Å². The molecule has 0 saturated heterocycles. The zero-order valence-electron chi connectivity index (χ0n) is 16.7. The van der Waals surface area contributed by atoms with Crippen LogP contribution in [0.3, 0.4) is 0 Å². The van der Waals surface area contributed by atoms with Gasteiger partial charge in [0.15, 0.2) is 0 Å². The molecule has 0 spiro atoms. The van der Waals surface area contributed by atoms with Gasteiger partial charge in [-0.15, -0.1) is 0 Å². The first-order chi connectivity index (χ1) is 11.1. The Morgan fingerprint density at radius 2 is 1.54 bits per heavy atom. The van der Waals surface area contributed by atoms with Gasteiger partial charge >= 0.3 is 0 Å². The Kier molecular flexibility index (Phi) is 7.75. The average Bonchev–Trinajstić information content (AvgIpc) is 2.48. The van der Waals surface area contributed by atoms with Crippen molar-refractivity contribution in [3.8, 4) is 5.75 Å². The van der Waals surface area contributed by atoms with Crippen molar-refractivity contribution in [3.05, 3.63) is 29.8 Å². The van der Waals surface area contributed by atoms with E-state index in [4.69, 9.17) is 4.74 Å². The first-order valence-corrected chi connectivity index (χ1v) is 9.21. The van der Waals surface area contributed by atoms with Gasteiger partial charge in [-0.25, -0.2) is 0 Å². The van der Waals surface area contributed by atoms with Crippen molar-refractivity contribution in [3.63, 3.8) is 0 Å². The van der Waals surface area contributed by atoms with Crippen LogP contribution in [-0.4, -0.2) is 42.4 Å². The molecule has 0 amide bonds. The smallest absolute Gasteiger partial charge is 0.119 e. The molecule has 3 nitrogen and oxygen atoms in total. The van der Waals surface area contributed by atoms with Gasteiger partial charge in [0.05, 0.1) is 0 Å². The molecule has 0 radical (unpaired) electrons. The van der Waals surface area contributed by atoms with Gasteiger partial charge < -0.3 is 14.7 Å². The Bertz CT molecular complexity index is 470. The van der Waals surface area contributed by atoms with Gasteiger partial charge in [-0.2, -0.15) is 0 Å². The molecule has 1 N–H and O–H groups in total. The third-order valence-electron chi connectivity index (χ3n) is 4.41. The van der Waals surface area contributed by atoms with Crippen LogP contribution in [0, 0.1) is 5.41 Å². The lowest BCUT2D eigenvalue weighted by Crippen LogP contribution is -2.35. The van der Waals surface area contributed by atoms with Crippen LogP contribution < -0.4 is 4.74 Å². The molecular weight excluding hydrogens is 298 g/mol. The summed E-state index contributed by atoms with van der Waals surface area (Å²) in [6.45, 7) is 18.5. The minimum atomic E-state index is -0.457. The van der Waals surface area contributed by atoms with Gasteiger partial charge in [0, 0.05) is 6.54 Å². The second kappa shape index (κ2) is 8.87. The molecule has 1 aromatic rings. The van der Waals surface area contributed by atoms with Crippen molar-refractivity contribution < 1.29 is 9.84 Å². The molecule has 0 fully saturated rings. The number of aliphatic hydroxyl groups excluding tert-OH is 1. The Balaban J connectivity index is 2.59. The summed E-state index contributed by atoms with van der Waals surface area (Å²) in [5, 5.41) is 10.1. The molecule has 0 bridgehead atoms. The fourth-order valence-corrected chi connectivity index (χ4v) is 3.46. The standard InChI is InChI=1S/C21H37NO2/c1-8-22(9-2)14-18(23)15-24-19-12-10-17(11-13-19)21(6,7)16-20(3,4)5/h10-13,18,23H,8-9,14-16H2,1-7H3. The molecule has 3 heteroatoms. The third kappa shape index (κ3) is 7.23. The summed E-state index contributed by atoms with van der Waals surface area (Å²) >= 11 is 0. The second-order valence-electron chi connectivity index (χ2n) is 8.60. The van der Waals surface area contributed by atoms with Gasteiger partial charge in [0.1, 0.15) is 18.5 Å². The molecule has 0 aliphatic heterocycles. The number of nitrogens with zero attached hydrogens (tertiary/aromatic N) is 1. The maximum Gasteiger partial charge on any atom is 0.119 e. The lowest BCUT2D eigenvalue weighted by molar-refractivity contribution is 0.0716. The predicted octanol–water partition coefficient (Wildman–Crippen LogP) is 4.48. The maximum atomic E-state index is 10.1. The van der Waals surface area contributed by atoms with E-state index >= 15 is 0 Å². The van der Waals surface area contributed by atoms with Crippen molar-refractivity contribution in [2.45, 2.75) is 66.4 Å². The highest BCUT2D eigenvalue weighted by atomic mass is 16.5. The summed E-state index contributed by atoms with van der Waals surface area (Å²) in [5.41, 5.74) is 1.76. The lowest BCUT2D eigenvalue weighted by atomic mass is 9.72. The van der Waals surface area contributed by atoms with Crippen molar-refractivity contribution >= 4 is 0 Å². The largest absolute Gasteiger partial charge is 0.491 e. The summed E-state index contributed by atoms with van der Waals surface area (Å²) in [7, 11) is 0. The zero-order chi connectivity index (χ0) is 18.4. The van der Waals surface area contributed by atoms with E-state index in [1.54, 1.807) is 0 Å². The van der Waals surface area contributed by atoms with Crippen LogP contribution in [0.4, 0.5) is 0 Å². The summed E-state index contributed by atoms with van der Waals surface area (Å²) in [6, 6.07) is 8.34. The molecule has 0 saturated carbocycles. The van der Waals surface area contributed by atoms with E-state index in [1.807, 2.05) is 12.1 Å². The van der Waals surface area contributed by atoms with E-state index in [0.717, 1.165) is 25.3 Å². The molecule has 1 rings (SSSR count). The van der Waals surface area contributed by atoms with E-state index in [2.05, 4.69) is 65.5 Å². The van der Waals surface area contributed by atoms with Crippen LogP contribution in [0.2, 0.25) is 0 Å². The van der Waals surface area contributed by atoms with E-state index < -0.39 is 6.10 Å². The molecule has 138 valence electrons. The molecule has 0 aliphatic rings. The topological polar surface area (TPSA) is 32.7 Å². The van der Waals surface area contributed by atoms with Crippen molar-refractivity contribution in [1.29, 1.82) is 0 Å². The number of aliphatic hydroxyl groups is 1. The Morgan fingerprint density at radius 1 is 1.00 bits per heavy atom. The number of hydrogen-bond donors (Lipinski definition) is 1. The molecule has 0 aromatic heterocycles. The number of ether oxygens (including phenoxy) is 1. The zero-order valence-corrected chi connectivity index (χ0v) is 16.7. The Labute approximate surface area is 149 Å². The molecule has 1 atom stereocenters. The Morgan fingerprint density at radius 3 is 2.00 bits per heavy atom. The molecule has 1 unspecified atom stereocenters. The van der Waals surface area contributed by atoms with Crippen molar-refractivity contribution in [2.75, 3.05) is 26.2 Å². The van der Waals surface area contributed by atoms with E-state index in [-0.39, 0.29) is 5.41 Å². The van der Waals surface area contributed by atoms with E-state index in [0.29, 0.717) is 18.6 Å².